The van der Waals surface area contributed by atoms with Gasteiger partial charge in [0.15, 0.2) is 11.7 Å². The number of ether oxygens (including phenoxy) is 1. The van der Waals surface area contributed by atoms with Crippen molar-refractivity contribution in [1.82, 2.24) is 10.3 Å². The van der Waals surface area contributed by atoms with Gasteiger partial charge in [-0.2, -0.15) is 0 Å². The summed E-state index contributed by atoms with van der Waals surface area (Å²) >= 11 is 0. The van der Waals surface area contributed by atoms with E-state index in [1.54, 1.807) is 6.20 Å². The number of carbonyl (C=O) groups is 2. The summed E-state index contributed by atoms with van der Waals surface area (Å²) in [5.41, 5.74) is 2.13. The van der Waals surface area contributed by atoms with Crippen molar-refractivity contribution in [1.29, 1.82) is 0 Å². The molecule has 24 heavy (non-hydrogen) atoms. The van der Waals surface area contributed by atoms with Gasteiger partial charge in [-0.3, -0.25) is 4.79 Å². The maximum atomic E-state index is 11.7. The Labute approximate surface area is 140 Å². The van der Waals surface area contributed by atoms with Crippen molar-refractivity contribution in [3.05, 3.63) is 54.1 Å². The Kier molecular flexibility index (Phi) is 6.31. The van der Waals surface area contributed by atoms with Crippen LogP contribution in [0.15, 0.2) is 47.0 Å². The first kappa shape index (κ1) is 17.5. The van der Waals surface area contributed by atoms with Gasteiger partial charge in [0, 0.05) is 31.0 Å². The van der Waals surface area contributed by atoms with Crippen LogP contribution in [0.4, 0.5) is 0 Å². The minimum absolute atomic E-state index is 0.139. The fourth-order valence-electron chi connectivity index (χ4n) is 1.98. The van der Waals surface area contributed by atoms with Crippen LogP contribution >= 0.6 is 0 Å². The lowest BCUT2D eigenvalue weighted by Gasteiger charge is -2.00. The van der Waals surface area contributed by atoms with Gasteiger partial charge >= 0.3 is 5.97 Å². The summed E-state index contributed by atoms with van der Waals surface area (Å²) in [6.45, 7) is 2.29. The van der Waals surface area contributed by atoms with Crippen LogP contribution < -0.4 is 5.32 Å². The van der Waals surface area contributed by atoms with Crippen LogP contribution in [0.25, 0.3) is 11.3 Å². The largest absolute Gasteiger partial charge is 0.466 e. The third kappa shape index (κ3) is 5.39. The normalized spacial score (nSPS) is 10.8. The minimum atomic E-state index is -0.451. The lowest BCUT2D eigenvalue weighted by Crippen LogP contribution is -2.23. The van der Waals surface area contributed by atoms with E-state index in [1.165, 1.54) is 24.8 Å². The number of nitrogens with zero attached hydrogens (tertiary/aromatic N) is 1. The summed E-state index contributed by atoms with van der Waals surface area (Å²) in [6, 6.07) is 7.96. The maximum Gasteiger partial charge on any atom is 0.330 e. The fraction of sp³-hybridized carbons (Fsp3) is 0.278. The van der Waals surface area contributed by atoms with E-state index in [1.807, 2.05) is 31.2 Å². The molecular weight excluding hydrogens is 308 g/mol. The first-order valence-corrected chi connectivity index (χ1v) is 7.61. The molecule has 1 aromatic carbocycles. The molecule has 0 saturated carbocycles. The van der Waals surface area contributed by atoms with E-state index < -0.39 is 5.97 Å². The van der Waals surface area contributed by atoms with E-state index in [0.29, 0.717) is 18.1 Å². The average molecular weight is 328 g/mol. The van der Waals surface area contributed by atoms with E-state index in [0.717, 1.165) is 5.56 Å². The van der Waals surface area contributed by atoms with Gasteiger partial charge in [-0.25, -0.2) is 9.78 Å². The highest BCUT2D eigenvalue weighted by atomic mass is 16.5. The molecule has 1 aromatic heterocycles. The number of aromatic nitrogens is 1. The number of aryl methyl sites for hydroxylation is 2. The van der Waals surface area contributed by atoms with Crippen molar-refractivity contribution in [3.63, 3.8) is 0 Å². The maximum absolute atomic E-state index is 11.7. The molecule has 6 nitrogen and oxygen atoms in total. The number of benzene rings is 1. The van der Waals surface area contributed by atoms with Crippen molar-refractivity contribution in [3.8, 4) is 11.3 Å². The molecule has 0 unspecified atom stereocenters. The minimum Gasteiger partial charge on any atom is -0.466 e. The summed E-state index contributed by atoms with van der Waals surface area (Å²) in [5, 5.41) is 2.67. The molecule has 0 radical (unpaired) electrons. The van der Waals surface area contributed by atoms with Crippen LogP contribution in [0.1, 0.15) is 17.9 Å². The van der Waals surface area contributed by atoms with E-state index in [4.69, 9.17) is 4.42 Å². The Morgan fingerprint density at radius 3 is 2.75 bits per heavy atom. The van der Waals surface area contributed by atoms with Crippen LogP contribution in [0.5, 0.6) is 0 Å². The fourth-order valence-corrected chi connectivity index (χ4v) is 1.98. The Balaban J connectivity index is 1.78. The van der Waals surface area contributed by atoms with Crippen LogP contribution in [0.3, 0.4) is 0 Å². The molecule has 0 aliphatic rings. The van der Waals surface area contributed by atoms with Gasteiger partial charge in [0.25, 0.3) is 0 Å². The molecule has 0 fully saturated rings. The first-order valence-electron chi connectivity index (χ1n) is 7.61. The zero-order valence-electron chi connectivity index (χ0n) is 13.7. The van der Waals surface area contributed by atoms with E-state index in [2.05, 4.69) is 15.0 Å². The van der Waals surface area contributed by atoms with Crippen LogP contribution in [0.2, 0.25) is 0 Å². The standard InChI is InChI=1S/C18H20N2O4/c1-13-5-7-14(8-6-13)15-12-20-17(24-15)10-9-16(21)19-11-3-4-18(22)23-2/h3-8,12H,9-11H2,1-2H3,(H,19,21)/b4-3+. The highest BCUT2D eigenvalue weighted by Gasteiger charge is 2.08. The number of amides is 1. The molecule has 1 N–H and O–H groups in total. The van der Waals surface area contributed by atoms with Gasteiger partial charge in [0.1, 0.15) is 0 Å². The molecule has 2 rings (SSSR count). The third-order valence-electron chi connectivity index (χ3n) is 3.33. The van der Waals surface area contributed by atoms with Crippen LogP contribution in [-0.4, -0.2) is 30.5 Å². The zero-order valence-corrected chi connectivity index (χ0v) is 13.7. The van der Waals surface area contributed by atoms with Crippen molar-refractivity contribution in [2.45, 2.75) is 19.8 Å². The topological polar surface area (TPSA) is 81.4 Å². The van der Waals surface area contributed by atoms with Gasteiger partial charge < -0.3 is 14.5 Å². The second-order valence-electron chi connectivity index (χ2n) is 5.21. The van der Waals surface area contributed by atoms with Crippen molar-refractivity contribution in [2.75, 3.05) is 13.7 Å². The number of methoxy groups -OCH3 is 1. The monoisotopic (exact) mass is 328 g/mol. The second-order valence-corrected chi connectivity index (χ2v) is 5.21. The van der Waals surface area contributed by atoms with Gasteiger partial charge in [-0.15, -0.1) is 0 Å². The number of rotatable bonds is 7. The number of oxazole rings is 1. The number of esters is 1. The smallest absolute Gasteiger partial charge is 0.330 e. The van der Waals surface area contributed by atoms with Gasteiger partial charge in [0.05, 0.1) is 13.3 Å². The summed E-state index contributed by atoms with van der Waals surface area (Å²) < 4.78 is 10.1. The number of carbonyl (C=O) groups excluding carboxylic acids is 2. The van der Waals surface area contributed by atoms with E-state index in [9.17, 15) is 9.59 Å². The molecule has 0 bridgehead atoms. The van der Waals surface area contributed by atoms with Crippen molar-refractivity contribution >= 4 is 11.9 Å². The lowest BCUT2D eigenvalue weighted by atomic mass is 10.1. The van der Waals surface area contributed by atoms with Crippen molar-refractivity contribution < 1.29 is 18.7 Å². The Hall–Kier alpha value is -2.89. The SMILES string of the molecule is COC(=O)/C=C/CNC(=O)CCc1ncc(-c2ccc(C)cc2)o1. The number of hydrogen-bond acceptors (Lipinski definition) is 5. The molecular formula is C18H20N2O4. The third-order valence-corrected chi connectivity index (χ3v) is 3.33. The molecule has 6 heteroatoms. The molecule has 0 aliphatic heterocycles. The summed E-state index contributed by atoms with van der Waals surface area (Å²) in [5.74, 6) is 0.615. The van der Waals surface area contributed by atoms with Gasteiger partial charge in [0.2, 0.25) is 5.91 Å². The molecule has 1 heterocycles. The van der Waals surface area contributed by atoms with Gasteiger partial charge in [-0.05, 0) is 6.92 Å². The number of hydrogen-bond donors (Lipinski definition) is 1. The van der Waals surface area contributed by atoms with E-state index in [-0.39, 0.29) is 18.9 Å². The molecule has 2 aromatic rings. The highest BCUT2D eigenvalue weighted by Crippen LogP contribution is 2.21. The molecule has 0 aliphatic carbocycles. The first-order chi connectivity index (χ1) is 11.6. The molecule has 0 saturated heterocycles. The van der Waals surface area contributed by atoms with Crippen LogP contribution in [0, 0.1) is 6.92 Å². The molecule has 1 amide bonds. The zero-order chi connectivity index (χ0) is 17.4. The van der Waals surface area contributed by atoms with Crippen molar-refractivity contribution in [2.24, 2.45) is 0 Å². The van der Waals surface area contributed by atoms with E-state index >= 15 is 0 Å². The van der Waals surface area contributed by atoms with Gasteiger partial charge in [-0.1, -0.05) is 35.9 Å². The Bertz CT molecular complexity index is 717. The Morgan fingerprint density at radius 1 is 1.29 bits per heavy atom. The predicted octanol–water partition coefficient (Wildman–Crippen LogP) is 2.43. The molecule has 0 atom stereocenters. The average Bonchev–Trinajstić information content (AvgIpc) is 3.06. The predicted molar refractivity (Wildman–Crippen MR) is 89.2 cm³/mol. The van der Waals surface area contributed by atoms with Crippen LogP contribution in [-0.2, 0) is 20.7 Å². The lowest BCUT2D eigenvalue weighted by molar-refractivity contribution is -0.134. The summed E-state index contributed by atoms with van der Waals surface area (Å²) in [7, 11) is 1.30. The summed E-state index contributed by atoms with van der Waals surface area (Å²) in [4.78, 5) is 26.8. The molecule has 0 spiro atoms. The second kappa shape index (κ2) is 8.67. The highest BCUT2D eigenvalue weighted by molar-refractivity contribution is 5.82. The Morgan fingerprint density at radius 2 is 2.04 bits per heavy atom. The number of nitrogens with one attached hydrogen (secondary N) is 1. The quantitative estimate of drug-likeness (QED) is 0.623. The molecule has 126 valence electrons. The summed E-state index contributed by atoms with van der Waals surface area (Å²) in [6.07, 6.45) is 5.14.